The zero-order valence-corrected chi connectivity index (χ0v) is 13.2. The first-order valence-corrected chi connectivity index (χ1v) is 7.44. The minimum atomic E-state index is -0.227. The largest absolute Gasteiger partial charge is 0.497 e. The molecule has 2 heterocycles. The Morgan fingerprint density at radius 3 is 2.67 bits per heavy atom. The van der Waals surface area contributed by atoms with Crippen molar-refractivity contribution in [3.05, 3.63) is 48.3 Å². The quantitative estimate of drug-likeness (QED) is 0.606. The van der Waals surface area contributed by atoms with E-state index in [4.69, 9.17) is 4.74 Å². The fourth-order valence-corrected chi connectivity index (χ4v) is 2.82. The van der Waals surface area contributed by atoms with Crippen molar-refractivity contribution in [1.29, 1.82) is 0 Å². The Kier molecular flexibility index (Phi) is 3.19. The third-order valence-corrected chi connectivity index (χ3v) is 4.02. The molecule has 0 aliphatic carbocycles. The SMILES string of the molecule is CNC(=O)c1nn(-c2ccc(OC)cc2)c2c1ccc1[nH]ncc12. The van der Waals surface area contributed by atoms with Crippen molar-refractivity contribution in [3.63, 3.8) is 0 Å². The molecule has 0 bridgehead atoms. The van der Waals surface area contributed by atoms with Crippen molar-refractivity contribution < 1.29 is 9.53 Å². The summed E-state index contributed by atoms with van der Waals surface area (Å²) in [7, 11) is 3.22. The first-order chi connectivity index (χ1) is 11.7. The third-order valence-electron chi connectivity index (χ3n) is 4.02. The van der Waals surface area contributed by atoms with Crippen molar-refractivity contribution in [2.24, 2.45) is 0 Å². The second-order valence-corrected chi connectivity index (χ2v) is 5.33. The Balaban J connectivity index is 2.05. The average molecular weight is 321 g/mol. The van der Waals surface area contributed by atoms with E-state index in [9.17, 15) is 4.79 Å². The highest BCUT2D eigenvalue weighted by Gasteiger charge is 2.19. The summed E-state index contributed by atoms with van der Waals surface area (Å²) < 4.78 is 6.96. The van der Waals surface area contributed by atoms with Crippen molar-refractivity contribution >= 4 is 27.7 Å². The van der Waals surface area contributed by atoms with E-state index in [2.05, 4.69) is 20.6 Å². The van der Waals surface area contributed by atoms with Crippen LogP contribution >= 0.6 is 0 Å². The molecule has 0 saturated carbocycles. The number of carbonyl (C=O) groups excluding carboxylic acids is 1. The number of hydrogen-bond donors (Lipinski definition) is 2. The van der Waals surface area contributed by atoms with Crippen molar-refractivity contribution in [3.8, 4) is 11.4 Å². The number of carbonyl (C=O) groups is 1. The molecule has 0 atom stereocenters. The summed E-state index contributed by atoms with van der Waals surface area (Å²) in [4.78, 5) is 12.2. The van der Waals surface area contributed by atoms with Crippen LogP contribution in [0.25, 0.3) is 27.5 Å². The standard InChI is InChI=1S/C17H15N5O2/c1-18-17(23)15-12-7-8-14-13(9-19-20-14)16(12)22(21-15)10-3-5-11(24-2)6-4-10/h3-9H,1-2H3,(H,18,23)(H,19,20). The van der Waals surface area contributed by atoms with Crippen LogP contribution in [-0.2, 0) is 0 Å². The van der Waals surface area contributed by atoms with Gasteiger partial charge >= 0.3 is 0 Å². The third kappa shape index (κ3) is 2.02. The lowest BCUT2D eigenvalue weighted by Gasteiger charge is -2.05. The topological polar surface area (TPSA) is 84.8 Å². The number of H-pyrrole nitrogens is 1. The van der Waals surface area contributed by atoms with E-state index >= 15 is 0 Å². The summed E-state index contributed by atoms with van der Waals surface area (Å²) in [5, 5.41) is 15.9. The van der Waals surface area contributed by atoms with Crippen molar-refractivity contribution in [1.82, 2.24) is 25.3 Å². The molecule has 2 N–H and O–H groups in total. The molecule has 2 aromatic carbocycles. The summed E-state index contributed by atoms with van der Waals surface area (Å²) >= 11 is 0. The lowest BCUT2D eigenvalue weighted by molar-refractivity contribution is 0.0959. The van der Waals surface area contributed by atoms with Gasteiger partial charge in [-0.25, -0.2) is 4.68 Å². The maximum Gasteiger partial charge on any atom is 0.272 e. The molecule has 0 aliphatic heterocycles. The number of aromatic amines is 1. The van der Waals surface area contributed by atoms with E-state index in [1.54, 1.807) is 25.0 Å². The Hall–Kier alpha value is -3.35. The second-order valence-electron chi connectivity index (χ2n) is 5.33. The van der Waals surface area contributed by atoms with E-state index in [-0.39, 0.29) is 5.91 Å². The van der Waals surface area contributed by atoms with Crippen LogP contribution in [0, 0.1) is 0 Å². The molecular formula is C17H15N5O2. The molecule has 0 unspecified atom stereocenters. The van der Waals surface area contributed by atoms with E-state index in [0.717, 1.165) is 33.2 Å². The number of amides is 1. The molecule has 1 amide bonds. The summed E-state index contributed by atoms with van der Waals surface area (Å²) in [6.45, 7) is 0. The fraction of sp³-hybridized carbons (Fsp3) is 0.118. The molecular weight excluding hydrogens is 306 g/mol. The van der Waals surface area contributed by atoms with Gasteiger partial charge in [0.2, 0.25) is 0 Å². The number of aromatic nitrogens is 4. The van der Waals surface area contributed by atoms with Gasteiger partial charge in [0, 0.05) is 17.8 Å². The zero-order chi connectivity index (χ0) is 16.7. The number of fused-ring (bicyclic) bond motifs is 3. The summed E-state index contributed by atoms with van der Waals surface area (Å²) in [5.41, 5.74) is 2.95. The molecule has 120 valence electrons. The van der Waals surface area contributed by atoms with Crippen LogP contribution in [0.15, 0.2) is 42.6 Å². The van der Waals surface area contributed by atoms with Crippen LogP contribution < -0.4 is 10.1 Å². The Labute approximate surface area is 137 Å². The van der Waals surface area contributed by atoms with Gasteiger partial charge in [0.1, 0.15) is 5.75 Å². The monoisotopic (exact) mass is 321 g/mol. The first-order valence-electron chi connectivity index (χ1n) is 7.44. The van der Waals surface area contributed by atoms with Crippen LogP contribution in [0.4, 0.5) is 0 Å². The molecule has 7 heteroatoms. The predicted octanol–water partition coefficient (Wildman–Crippen LogP) is 2.27. The number of nitrogens with zero attached hydrogens (tertiary/aromatic N) is 3. The molecule has 7 nitrogen and oxygen atoms in total. The van der Waals surface area contributed by atoms with E-state index in [0.29, 0.717) is 5.69 Å². The smallest absolute Gasteiger partial charge is 0.272 e. The summed E-state index contributed by atoms with van der Waals surface area (Å²) in [5.74, 6) is 0.533. The number of rotatable bonds is 3. The second kappa shape index (κ2) is 5.38. The van der Waals surface area contributed by atoms with Gasteiger partial charge in [-0.3, -0.25) is 9.89 Å². The van der Waals surface area contributed by atoms with Crippen LogP contribution in [0.3, 0.4) is 0 Å². The van der Waals surface area contributed by atoms with Crippen LogP contribution in [0.2, 0.25) is 0 Å². The molecule has 0 saturated heterocycles. The Morgan fingerprint density at radius 1 is 1.17 bits per heavy atom. The van der Waals surface area contributed by atoms with Crippen LogP contribution in [-0.4, -0.2) is 40.0 Å². The Bertz CT molecular complexity index is 1050. The lowest BCUT2D eigenvalue weighted by Crippen LogP contribution is -2.18. The molecule has 0 radical (unpaired) electrons. The van der Waals surface area contributed by atoms with E-state index < -0.39 is 0 Å². The van der Waals surface area contributed by atoms with Gasteiger partial charge in [0.25, 0.3) is 5.91 Å². The summed E-state index contributed by atoms with van der Waals surface area (Å²) in [6.07, 6.45) is 1.74. The number of benzene rings is 2. The van der Waals surface area contributed by atoms with E-state index in [1.807, 2.05) is 36.4 Å². The molecule has 0 fully saturated rings. The minimum Gasteiger partial charge on any atom is -0.497 e. The number of hydrogen-bond acceptors (Lipinski definition) is 4. The van der Waals surface area contributed by atoms with E-state index in [1.165, 1.54) is 0 Å². The summed E-state index contributed by atoms with van der Waals surface area (Å²) in [6, 6.07) is 11.3. The maximum absolute atomic E-state index is 12.2. The van der Waals surface area contributed by atoms with Gasteiger partial charge < -0.3 is 10.1 Å². The zero-order valence-electron chi connectivity index (χ0n) is 13.2. The van der Waals surface area contributed by atoms with Crippen molar-refractivity contribution in [2.45, 2.75) is 0 Å². The molecule has 2 aromatic heterocycles. The fourth-order valence-electron chi connectivity index (χ4n) is 2.82. The molecule has 0 spiro atoms. The highest BCUT2D eigenvalue weighted by Crippen LogP contribution is 2.29. The average Bonchev–Trinajstić information content (AvgIpc) is 3.25. The molecule has 4 rings (SSSR count). The van der Waals surface area contributed by atoms with Gasteiger partial charge in [-0.05, 0) is 36.4 Å². The Morgan fingerprint density at radius 2 is 1.96 bits per heavy atom. The highest BCUT2D eigenvalue weighted by atomic mass is 16.5. The molecule has 4 aromatic rings. The lowest BCUT2D eigenvalue weighted by atomic mass is 10.1. The van der Waals surface area contributed by atoms with Gasteiger partial charge in [0.05, 0.1) is 30.0 Å². The predicted molar refractivity (Wildman–Crippen MR) is 90.7 cm³/mol. The van der Waals surface area contributed by atoms with Crippen LogP contribution in [0.1, 0.15) is 10.5 Å². The normalized spacial score (nSPS) is 11.1. The maximum atomic E-state index is 12.2. The van der Waals surface area contributed by atoms with Gasteiger partial charge in [0.15, 0.2) is 5.69 Å². The number of ether oxygens (including phenoxy) is 1. The van der Waals surface area contributed by atoms with Crippen molar-refractivity contribution in [2.75, 3.05) is 14.2 Å². The van der Waals surface area contributed by atoms with Crippen LogP contribution in [0.5, 0.6) is 5.75 Å². The number of methoxy groups -OCH3 is 1. The number of nitrogens with one attached hydrogen (secondary N) is 2. The minimum absolute atomic E-state index is 0.227. The van der Waals surface area contributed by atoms with Gasteiger partial charge in [-0.2, -0.15) is 10.2 Å². The first kappa shape index (κ1) is 14.3. The van der Waals surface area contributed by atoms with Gasteiger partial charge in [-0.1, -0.05) is 0 Å². The highest BCUT2D eigenvalue weighted by molar-refractivity contribution is 6.12. The molecule has 24 heavy (non-hydrogen) atoms. The molecule has 0 aliphatic rings. The van der Waals surface area contributed by atoms with Gasteiger partial charge in [-0.15, -0.1) is 0 Å².